The van der Waals surface area contributed by atoms with Crippen molar-refractivity contribution in [3.63, 3.8) is 0 Å². The molecule has 0 aromatic heterocycles. The highest BCUT2D eigenvalue weighted by Crippen LogP contribution is 2.37. The monoisotopic (exact) mass is 400 g/mol. The van der Waals surface area contributed by atoms with Crippen LogP contribution in [0.25, 0.3) is 0 Å². The first kappa shape index (κ1) is 23.7. The minimum atomic E-state index is -0.181. The zero-order valence-corrected chi connectivity index (χ0v) is 18.2. The molecule has 1 aliphatic rings. The van der Waals surface area contributed by atoms with Gasteiger partial charge in [-0.15, -0.1) is 0 Å². The zero-order valence-electron chi connectivity index (χ0n) is 18.2. The van der Waals surface area contributed by atoms with Crippen LogP contribution in [0.1, 0.15) is 83.1 Å². The highest BCUT2D eigenvalue weighted by Gasteiger charge is 2.26. The lowest BCUT2D eigenvalue weighted by Gasteiger charge is -2.20. The Labute approximate surface area is 177 Å². The van der Waals surface area contributed by atoms with Gasteiger partial charge in [-0.05, 0) is 75.2 Å². The molecule has 2 rings (SSSR count). The smallest absolute Gasteiger partial charge is 0.305 e. The summed E-state index contributed by atoms with van der Waals surface area (Å²) < 4.78 is 5.10. The molecule has 0 aliphatic heterocycles. The topological polar surface area (TPSA) is 46.5 Å². The maximum absolute atomic E-state index is 11.5. The van der Waals surface area contributed by atoms with Crippen LogP contribution in [0, 0.1) is 11.8 Å². The van der Waals surface area contributed by atoms with E-state index in [2.05, 4.69) is 36.4 Å². The van der Waals surface area contributed by atoms with Gasteiger partial charge in [-0.3, -0.25) is 4.79 Å². The summed E-state index contributed by atoms with van der Waals surface area (Å²) in [5, 5.41) is 10.4. The number of hydrogen-bond donors (Lipinski definition) is 1. The van der Waals surface area contributed by atoms with Gasteiger partial charge in [0, 0.05) is 6.42 Å². The molecule has 1 aromatic carbocycles. The number of carbonyl (C=O) groups is 1. The van der Waals surface area contributed by atoms with Crippen LogP contribution in [-0.2, 0) is 16.0 Å². The Bertz CT molecular complexity index is 581. The average Bonchev–Trinajstić information content (AvgIpc) is 3.19. The molecule has 0 bridgehead atoms. The Balaban J connectivity index is 1.57. The standard InChI is InChI=1S/C26H40O3/c1-2-21-29-26(28)16-9-4-3-8-13-23-14-10-15-24(23)18-20-25(27)19-17-22-11-6-5-7-12-22/h3,5-8,11-12,23-25,27H,2,4,9-10,13-21H2,1H3/b8-3-/t23-,24+,25-/m0/s1. The number of hydrogen-bond acceptors (Lipinski definition) is 3. The lowest BCUT2D eigenvalue weighted by molar-refractivity contribution is -0.143. The third kappa shape index (κ3) is 10.1. The number of carbonyl (C=O) groups excluding carboxylic acids is 1. The first-order valence-electron chi connectivity index (χ1n) is 11.7. The molecule has 0 amide bonds. The van der Waals surface area contributed by atoms with Crippen molar-refractivity contribution in [3.8, 4) is 0 Å². The molecule has 1 fully saturated rings. The van der Waals surface area contributed by atoms with E-state index in [1.165, 1.54) is 24.8 Å². The maximum atomic E-state index is 11.5. The zero-order chi connectivity index (χ0) is 20.7. The van der Waals surface area contributed by atoms with E-state index in [0.717, 1.165) is 63.2 Å². The molecule has 1 aromatic rings. The minimum Gasteiger partial charge on any atom is -0.466 e. The van der Waals surface area contributed by atoms with Crippen molar-refractivity contribution in [1.29, 1.82) is 0 Å². The van der Waals surface area contributed by atoms with Crippen molar-refractivity contribution in [3.05, 3.63) is 48.0 Å². The van der Waals surface area contributed by atoms with Gasteiger partial charge in [-0.1, -0.05) is 62.2 Å². The maximum Gasteiger partial charge on any atom is 0.305 e. The van der Waals surface area contributed by atoms with Gasteiger partial charge in [0.2, 0.25) is 0 Å². The van der Waals surface area contributed by atoms with E-state index in [1.807, 2.05) is 13.0 Å². The summed E-state index contributed by atoms with van der Waals surface area (Å²) in [4.78, 5) is 11.5. The van der Waals surface area contributed by atoms with Crippen molar-refractivity contribution in [2.24, 2.45) is 11.8 Å². The molecule has 1 aliphatic carbocycles. The second-order valence-corrected chi connectivity index (χ2v) is 8.53. The van der Waals surface area contributed by atoms with Crippen molar-refractivity contribution in [2.75, 3.05) is 6.61 Å². The lowest BCUT2D eigenvalue weighted by Crippen LogP contribution is -2.13. The second kappa shape index (κ2) is 14.4. The molecule has 0 unspecified atom stereocenters. The number of unbranched alkanes of at least 4 members (excludes halogenated alkanes) is 1. The van der Waals surface area contributed by atoms with Crippen molar-refractivity contribution in [1.82, 2.24) is 0 Å². The molecular formula is C26H40O3. The minimum absolute atomic E-state index is 0.0677. The van der Waals surface area contributed by atoms with Gasteiger partial charge in [0.25, 0.3) is 0 Å². The quantitative estimate of drug-likeness (QED) is 0.228. The largest absolute Gasteiger partial charge is 0.466 e. The van der Waals surface area contributed by atoms with E-state index in [4.69, 9.17) is 4.74 Å². The molecule has 3 heteroatoms. The van der Waals surface area contributed by atoms with Gasteiger partial charge in [0.05, 0.1) is 12.7 Å². The second-order valence-electron chi connectivity index (χ2n) is 8.53. The van der Waals surface area contributed by atoms with Crippen molar-refractivity contribution in [2.45, 2.75) is 90.1 Å². The van der Waals surface area contributed by atoms with Crippen LogP contribution < -0.4 is 0 Å². The van der Waals surface area contributed by atoms with Crippen molar-refractivity contribution < 1.29 is 14.6 Å². The Hall–Kier alpha value is -1.61. The SMILES string of the molecule is CCCOC(=O)CCC/C=C\C[C@H]1CCC[C@@H]1CC[C@@H](O)CCc1ccccc1. The van der Waals surface area contributed by atoms with Crippen LogP contribution in [0.4, 0.5) is 0 Å². The lowest BCUT2D eigenvalue weighted by atomic mass is 9.87. The van der Waals surface area contributed by atoms with E-state index in [0.29, 0.717) is 13.0 Å². The molecule has 3 nitrogen and oxygen atoms in total. The third-order valence-electron chi connectivity index (χ3n) is 6.12. The molecular weight excluding hydrogens is 360 g/mol. The number of rotatable bonds is 14. The Kier molecular flexibility index (Phi) is 11.7. The Morgan fingerprint density at radius 2 is 1.97 bits per heavy atom. The number of esters is 1. The normalized spacial score (nSPS) is 20.2. The van der Waals surface area contributed by atoms with E-state index in [-0.39, 0.29) is 12.1 Å². The molecule has 1 N–H and O–H groups in total. The number of ether oxygens (including phenoxy) is 1. The first-order chi connectivity index (χ1) is 14.2. The van der Waals surface area contributed by atoms with Crippen LogP contribution >= 0.6 is 0 Å². The molecule has 29 heavy (non-hydrogen) atoms. The van der Waals surface area contributed by atoms with Gasteiger partial charge in [-0.25, -0.2) is 0 Å². The van der Waals surface area contributed by atoms with E-state index in [1.54, 1.807) is 0 Å². The highest BCUT2D eigenvalue weighted by molar-refractivity contribution is 5.69. The van der Waals surface area contributed by atoms with Crippen LogP contribution in [0.3, 0.4) is 0 Å². The average molecular weight is 401 g/mol. The number of allylic oxidation sites excluding steroid dienone is 2. The summed E-state index contributed by atoms with van der Waals surface area (Å²) in [6, 6.07) is 10.4. The van der Waals surface area contributed by atoms with Gasteiger partial charge in [0.15, 0.2) is 0 Å². The van der Waals surface area contributed by atoms with Crippen molar-refractivity contribution >= 4 is 5.97 Å². The van der Waals surface area contributed by atoms with Crippen LogP contribution in [0.2, 0.25) is 0 Å². The Morgan fingerprint density at radius 1 is 1.17 bits per heavy atom. The molecule has 0 saturated heterocycles. The summed E-state index contributed by atoms with van der Waals surface area (Å²) in [6.07, 6.45) is 16.6. The molecule has 1 saturated carbocycles. The summed E-state index contributed by atoms with van der Waals surface area (Å²) in [6.45, 7) is 2.55. The van der Waals surface area contributed by atoms with Gasteiger partial charge >= 0.3 is 5.97 Å². The van der Waals surface area contributed by atoms with Gasteiger partial charge in [0.1, 0.15) is 0 Å². The fourth-order valence-electron chi connectivity index (χ4n) is 4.37. The van der Waals surface area contributed by atoms with Crippen LogP contribution in [0.5, 0.6) is 0 Å². The fraction of sp³-hybridized carbons (Fsp3) is 0.654. The molecule has 3 atom stereocenters. The third-order valence-corrected chi connectivity index (χ3v) is 6.12. The number of aliphatic hydroxyl groups excluding tert-OH is 1. The molecule has 0 spiro atoms. The fourth-order valence-corrected chi connectivity index (χ4v) is 4.37. The molecule has 162 valence electrons. The number of aryl methyl sites for hydroxylation is 1. The highest BCUT2D eigenvalue weighted by atomic mass is 16.5. The predicted molar refractivity (Wildman–Crippen MR) is 120 cm³/mol. The van der Waals surface area contributed by atoms with E-state index >= 15 is 0 Å². The van der Waals surface area contributed by atoms with Crippen LogP contribution in [0.15, 0.2) is 42.5 Å². The van der Waals surface area contributed by atoms with Crippen LogP contribution in [-0.4, -0.2) is 23.8 Å². The molecule has 0 heterocycles. The van der Waals surface area contributed by atoms with Gasteiger partial charge in [-0.2, -0.15) is 0 Å². The first-order valence-corrected chi connectivity index (χ1v) is 11.7. The summed E-state index contributed by atoms with van der Waals surface area (Å²) in [5.74, 6) is 1.46. The van der Waals surface area contributed by atoms with Gasteiger partial charge < -0.3 is 9.84 Å². The summed E-state index contributed by atoms with van der Waals surface area (Å²) in [7, 11) is 0. The number of benzene rings is 1. The van der Waals surface area contributed by atoms with E-state index < -0.39 is 0 Å². The summed E-state index contributed by atoms with van der Waals surface area (Å²) >= 11 is 0. The predicted octanol–water partition coefficient (Wildman–Crippen LogP) is 6.25. The molecule has 0 radical (unpaired) electrons. The Morgan fingerprint density at radius 3 is 2.76 bits per heavy atom. The summed E-state index contributed by atoms with van der Waals surface area (Å²) in [5.41, 5.74) is 1.31. The van der Waals surface area contributed by atoms with E-state index in [9.17, 15) is 9.90 Å². The number of aliphatic hydroxyl groups is 1.